The third kappa shape index (κ3) is 4.58. The van der Waals surface area contributed by atoms with Gasteiger partial charge >= 0.3 is 0 Å². The topological polar surface area (TPSA) is 53.1 Å². The molecule has 0 aliphatic rings. The van der Waals surface area contributed by atoms with E-state index in [0.717, 1.165) is 35.3 Å². The number of hydrogen-bond acceptors (Lipinski definition) is 3. The van der Waals surface area contributed by atoms with Gasteiger partial charge in [-0.05, 0) is 36.6 Å². The Balaban J connectivity index is 1.94. The van der Waals surface area contributed by atoms with Crippen LogP contribution in [-0.4, -0.2) is 22.2 Å². The van der Waals surface area contributed by atoms with Crippen LogP contribution in [0.1, 0.15) is 24.7 Å². The van der Waals surface area contributed by atoms with Crippen molar-refractivity contribution in [3.8, 4) is 5.75 Å². The van der Waals surface area contributed by atoms with Crippen LogP contribution in [0.3, 0.4) is 0 Å². The van der Waals surface area contributed by atoms with Gasteiger partial charge in [0.05, 0.1) is 6.61 Å². The van der Waals surface area contributed by atoms with Gasteiger partial charge in [0.2, 0.25) is 0 Å². The molecule has 2 rings (SSSR count). The fourth-order valence-electron chi connectivity index (χ4n) is 2.12. The van der Waals surface area contributed by atoms with Crippen molar-refractivity contribution in [2.24, 2.45) is 12.8 Å². The summed E-state index contributed by atoms with van der Waals surface area (Å²) in [7, 11) is 1.99. The third-order valence-corrected chi connectivity index (χ3v) is 4.31. The average molecular weight is 352 g/mol. The average Bonchev–Trinajstić information content (AvgIpc) is 2.88. The van der Waals surface area contributed by atoms with E-state index in [-0.39, 0.29) is 6.04 Å². The zero-order valence-corrected chi connectivity index (χ0v) is 14.1. The molecule has 0 amide bonds. The summed E-state index contributed by atoms with van der Waals surface area (Å²) in [4.78, 5) is 4.29. The van der Waals surface area contributed by atoms with Crippen LogP contribution >= 0.6 is 15.9 Å². The summed E-state index contributed by atoms with van der Waals surface area (Å²) >= 11 is 3.57. The molecule has 1 heterocycles. The lowest BCUT2D eigenvalue weighted by Gasteiger charge is -2.13. The van der Waals surface area contributed by atoms with Gasteiger partial charge in [-0.15, -0.1) is 0 Å². The molecule has 1 aromatic carbocycles. The molecule has 0 saturated heterocycles. The molecule has 2 aromatic rings. The largest absolute Gasteiger partial charge is 0.493 e. The molecule has 1 atom stereocenters. The highest BCUT2D eigenvalue weighted by atomic mass is 79.9. The maximum Gasteiger partial charge on any atom is 0.119 e. The van der Waals surface area contributed by atoms with Crippen LogP contribution in [0.5, 0.6) is 5.75 Å². The summed E-state index contributed by atoms with van der Waals surface area (Å²) in [5, 5.41) is 0. The van der Waals surface area contributed by atoms with Crippen molar-refractivity contribution in [1.82, 2.24) is 9.55 Å². The standard InChI is InChI=1S/C16H22BrN3O/c1-3-13(18)10-12-11-14(4-5-15(12)17)21-9-6-16-19-7-8-20(16)2/h4-5,7-8,11,13H,3,6,9-10,18H2,1-2H3. The van der Waals surface area contributed by atoms with Crippen LogP contribution in [0.15, 0.2) is 35.1 Å². The second-order valence-electron chi connectivity index (χ2n) is 5.18. The molecular weight excluding hydrogens is 330 g/mol. The molecular formula is C16H22BrN3O. The van der Waals surface area contributed by atoms with Gasteiger partial charge in [0, 0.05) is 36.4 Å². The molecule has 2 N–H and O–H groups in total. The normalized spacial score (nSPS) is 12.4. The van der Waals surface area contributed by atoms with Crippen molar-refractivity contribution in [1.29, 1.82) is 0 Å². The van der Waals surface area contributed by atoms with Crippen LogP contribution in [0.2, 0.25) is 0 Å². The van der Waals surface area contributed by atoms with Crippen LogP contribution in [-0.2, 0) is 19.9 Å². The van der Waals surface area contributed by atoms with E-state index >= 15 is 0 Å². The van der Waals surface area contributed by atoms with Gasteiger partial charge in [0.15, 0.2) is 0 Å². The second kappa shape index (κ2) is 7.61. The molecule has 21 heavy (non-hydrogen) atoms. The minimum atomic E-state index is 0.184. The lowest BCUT2D eigenvalue weighted by molar-refractivity contribution is 0.317. The highest BCUT2D eigenvalue weighted by Gasteiger charge is 2.07. The monoisotopic (exact) mass is 351 g/mol. The number of benzene rings is 1. The summed E-state index contributed by atoms with van der Waals surface area (Å²) in [5.41, 5.74) is 7.23. The fraction of sp³-hybridized carbons (Fsp3) is 0.438. The Kier molecular flexibility index (Phi) is 5.82. The highest BCUT2D eigenvalue weighted by Crippen LogP contribution is 2.24. The molecule has 0 radical (unpaired) electrons. The van der Waals surface area contributed by atoms with E-state index in [1.54, 1.807) is 6.20 Å². The summed E-state index contributed by atoms with van der Waals surface area (Å²) < 4.78 is 8.93. The van der Waals surface area contributed by atoms with Gasteiger partial charge in [-0.1, -0.05) is 22.9 Å². The maximum atomic E-state index is 6.03. The van der Waals surface area contributed by atoms with Gasteiger partial charge in [-0.3, -0.25) is 0 Å². The predicted octanol–water partition coefficient (Wildman–Crippen LogP) is 3.08. The number of nitrogens with two attached hydrogens (primary N) is 1. The first kappa shape index (κ1) is 16.0. The highest BCUT2D eigenvalue weighted by molar-refractivity contribution is 9.10. The van der Waals surface area contributed by atoms with Crippen molar-refractivity contribution >= 4 is 15.9 Å². The van der Waals surface area contributed by atoms with Crippen molar-refractivity contribution in [3.05, 3.63) is 46.5 Å². The Bertz CT molecular complexity index is 583. The minimum absolute atomic E-state index is 0.184. The Labute approximate surface area is 134 Å². The number of ether oxygens (including phenoxy) is 1. The third-order valence-electron chi connectivity index (χ3n) is 3.54. The maximum absolute atomic E-state index is 6.03. The van der Waals surface area contributed by atoms with E-state index in [9.17, 15) is 0 Å². The Morgan fingerprint density at radius 1 is 1.43 bits per heavy atom. The lowest BCUT2D eigenvalue weighted by atomic mass is 10.0. The van der Waals surface area contributed by atoms with Gasteiger partial charge in [0.1, 0.15) is 11.6 Å². The van der Waals surface area contributed by atoms with Crippen molar-refractivity contribution in [2.45, 2.75) is 32.2 Å². The van der Waals surface area contributed by atoms with Crippen molar-refractivity contribution < 1.29 is 4.74 Å². The fourth-order valence-corrected chi connectivity index (χ4v) is 2.53. The summed E-state index contributed by atoms with van der Waals surface area (Å²) in [6, 6.07) is 6.25. The first-order valence-corrected chi connectivity index (χ1v) is 8.02. The van der Waals surface area contributed by atoms with E-state index < -0.39 is 0 Å². The molecule has 1 aromatic heterocycles. The van der Waals surface area contributed by atoms with Crippen LogP contribution < -0.4 is 10.5 Å². The second-order valence-corrected chi connectivity index (χ2v) is 6.03. The Morgan fingerprint density at radius 2 is 2.24 bits per heavy atom. The predicted molar refractivity (Wildman–Crippen MR) is 88.5 cm³/mol. The van der Waals surface area contributed by atoms with Gasteiger partial charge in [-0.2, -0.15) is 0 Å². The molecule has 1 unspecified atom stereocenters. The lowest BCUT2D eigenvalue weighted by Crippen LogP contribution is -2.21. The number of rotatable bonds is 7. The zero-order chi connectivity index (χ0) is 15.2. The smallest absolute Gasteiger partial charge is 0.119 e. The minimum Gasteiger partial charge on any atom is -0.493 e. The molecule has 0 aliphatic heterocycles. The van der Waals surface area contributed by atoms with Crippen molar-refractivity contribution in [2.75, 3.05) is 6.61 Å². The number of aryl methyl sites for hydroxylation is 1. The van der Waals surface area contributed by atoms with E-state index in [2.05, 4.69) is 33.9 Å². The van der Waals surface area contributed by atoms with Crippen LogP contribution in [0.25, 0.3) is 0 Å². The van der Waals surface area contributed by atoms with Crippen molar-refractivity contribution in [3.63, 3.8) is 0 Å². The van der Waals surface area contributed by atoms with Crippen LogP contribution in [0, 0.1) is 0 Å². The molecule has 5 heteroatoms. The summed E-state index contributed by atoms with van der Waals surface area (Å²) in [5.74, 6) is 1.91. The first-order valence-electron chi connectivity index (χ1n) is 7.23. The molecule has 0 aliphatic carbocycles. The zero-order valence-electron chi connectivity index (χ0n) is 12.6. The Morgan fingerprint density at radius 3 is 2.90 bits per heavy atom. The Hall–Kier alpha value is -1.33. The number of hydrogen-bond donors (Lipinski definition) is 1. The SMILES string of the molecule is CCC(N)Cc1cc(OCCc2nccn2C)ccc1Br. The number of imidazole rings is 1. The molecule has 0 spiro atoms. The quantitative estimate of drug-likeness (QED) is 0.833. The first-order chi connectivity index (χ1) is 10.1. The molecule has 0 bridgehead atoms. The summed E-state index contributed by atoms with van der Waals surface area (Å²) in [6.45, 7) is 2.72. The number of nitrogens with zero attached hydrogens (tertiary/aromatic N) is 2. The number of aromatic nitrogens is 2. The molecule has 0 fully saturated rings. The van der Waals surface area contributed by atoms with E-state index in [1.807, 2.05) is 29.9 Å². The molecule has 0 saturated carbocycles. The van der Waals surface area contributed by atoms with E-state index in [0.29, 0.717) is 6.61 Å². The van der Waals surface area contributed by atoms with Gasteiger partial charge in [0.25, 0.3) is 0 Å². The molecule has 4 nitrogen and oxygen atoms in total. The van der Waals surface area contributed by atoms with E-state index in [1.165, 1.54) is 5.56 Å². The van der Waals surface area contributed by atoms with Gasteiger partial charge in [-0.25, -0.2) is 4.98 Å². The van der Waals surface area contributed by atoms with E-state index in [4.69, 9.17) is 10.5 Å². The van der Waals surface area contributed by atoms with Gasteiger partial charge < -0.3 is 15.0 Å². The summed E-state index contributed by atoms with van der Waals surface area (Å²) in [6.07, 6.45) is 6.37. The van der Waals surface area contributed by atoms with Crippen LogP contribution in [0.4, 0.5) is 0 Å². The molecule has 114 valence electrons. The number of halogens is 1.